The summed E-state index contributed by atoms with van der Waals surface area (Å²) in [6.45, 7) is 7.82. The van der Waals surface area contributed by atoms with E-state index in [1.165, 1.54) is 6.42 Å². The zero-order valence-electron chi connectivity index (χ0n) is 17.8. The summed E-state index contributed by atoms with van der Waals surface area (Å²) in [5.41, 5.74) is 1.25. The molecule has 1 saturated heterocycles. The summed E-state index contributed by atoms with van der Waals surface area (Å²) < 4.78 is 6.04. The number of carbonyl (C=O) groups excluding carboxylic acids is 1. The molecule has 1 amide bonds. The van der Waals surface area contributed by atoms with Gasteiger partial charge in [0, 0.05) is 18.2 Å². The zero-order valence-corrected chi connectivity index (χ0v) is 17.8. The van der Waals surface area contributed by atoms with Crippen molar-refractivity contribution in [1.29, 1.82) is 0 Å². The quantitative estimate of drug-likeness (QED) is 0.793. The summed E-state index contributed by atoms with van der Waals surface area (Å²) in [6, 6.07) is 7.85. The molecule has 1 N–H and O–H groups in total. The van der Waals surface area contributed by atoms with Crippen LogP contribution in [0.15, 0.2) is 24.3 Å². The van der Waals surface area contributed by atoms with Crippen LogP contribution in [0.25, 0.3) is 0 Å². The van der Waals surface area contributed by atoms with Gasteiger partial charge in [0.05, 0.1) is 12.0 Å². The lowest BCUT2D eigenvalue weighted by Crippen LogP contribution is -2.37. The second-order valence-corrected chi connectivity index (χ2v) is 10.6. The highest BCUT2D eigenvalue weighted by Crippen LogP contribution is 2.52. The molecule has 1 heterocycles. The Hall–Kier alpha value is -2.04. The number of hydrogen-bond acceptors (Lipinski definition) is 3. The first-order valence-electron chi connectivity index (χ1n) is 10.9. The predicted octanol–water partition coefficient (Wildman–Crippen LogP) is 4.75. The molecule has 0 radical (unpaired) electrons. The maximum atomic E-state index is 13.2. The summed E-state index contributed by atoms with van der Waals surface area (Å²) in [4.78, 5) is 26.3. The van der Waals surface area contributed by atoms with Crippen molar-refractivity contribution in [2.75, 3.05) is 6.54 Å². The van der Waals surface area contributed by atoms with E-state index < -0.39 is 5.97 Å². The van der Waals surface area contributed by atoms with Crippen LogP contribution in [-0.2, 0) is 4.79 Å². The third kappa shape index (κ3) is 4.29. The minimum Gasteiger partial charge on any atom is -0.490 e. The largest absolute Gasteiger partial charge is 0.490 e. The number of ether oxygens (including phenoxy) is 1. The Morgan fingerprint density at radius 3 is 2.31 bits per heavy atom. The number of likely N-dealkylation sites (tertiary alicyclic amines) is 1. The highest BCUT2D eigenvalue weighted by molar-refractivity contribution is 5.94. The Balaban J connectivity index is 1.37. The van der Waals surface area contributed by atoms with Crippen LogP contribution in [-0.4, -0.2) is 40.6 Å². The summed E-state index contributed by atoms with van der Waals surface area (Å²) in [7, 11) is 0. The summed E-state index contributed by atoms with van der Waals surface area (Å²) in [6.07, 6.45) is 6.30. The maximum absolute atomic E-state index is 13.2. The SMILES string of the molecule is CC1(C)C[C@H]2C[C@](C)(CN2C(=O)c2ccc(OC3CCC(C(=O)O)CC3)cc2)C1. The van der Waals surface area contributed by atoms with Crippen molar-refractivity contribution in [1.82, 2.24) is 4.90 Å². The first-order chi connectivity index (χ1) is 13.6. The molecule has 0 aromatic heterocycles. The number of hydrogen-bond donors (Lipinski definition) is 1. The molecule has 2 bridgehead atoms. The van der Waals surface area contributed by atoms with Crippen molar-refractivity contribution < 1.29 is 19.4 Å². The molecule has 2 atom stereocenters. The Morgan fingerprint density at radius 1 is 1.03 bits per heavy atom. The van der Waals surface area contributed by atoms with Gasteiger partial charge in [-0.3, -0.25) is 9.59 Å². The molecule has 1 aromatic rings. The third-order valence-corrected chi connectivity index (χ3v) is 7.10. The fourth-order valence-electron chi connectivity index (χ4n) is 6.16. The molecule has 0 unspecified atom stereocenters. The van der Waals surface area contributed by atoms with Crippen molar-refractivity contribution in [3.63, 3.8) is 0 Å². The van der Waals surface area contributed by atoms with Crippen LogP contribution in [0.5, 0.6) is 5.75 Å². The number of benzene rings is 1. The molecule has 158 valence electrons. The molecule has 1 aliphatic heterocycles. The van der Waals surface area contributed by atoms with Crippen LogP contribution in [0.4, 0.5) is 0 Å². The molecule has 29 heavy (non-hydrogen) atoms. The van der Waals surface area contributed by atoms with E-state index in [1.807, 2.05) is 24.3 Å². The minimum absolute atomic E-state index is 0.0622. The Bertz CT molecular complexity index is 779. The van der Waals surface area contributed by atoms with Crippen molar-refractivity contribution >= 4 is 11.9 Å². The van der Waals surface area contributed by atoms with Gasteiger partial charge in [-0.25, -0.2) is 0 Å². The molecule has 1 aromatic carbocycles. The van der Waals surface area contributed by atoms with E-state index in [1.54, 1.807) is 0 Å². The lowest BCUT2D eigenvalue weighted by atomic mass is 9.65. The van der Waals surface area contributed by atoms with Crippen LogP contribution in [0.2, 0.25) is 0 Å². The molecule has 5 heteroatoms. The number of rotatable bonds is 4. The highest BCUT2D eigenvalue weighted by Gasteiger charge is 2.51. The van der Waals surface area contributed by atoms with E-state index in [2.05, 4.69) is 25.7 Å². The van der Waals surface area contributed by atoms with Gasteiger partial charge in [0.1, 0.15) is 5.75 Å². The number of carboxylic acid groups (broad SMARTS) is 1. The van der Waals surface area contributed by atoms with E-state index in [9.17, 15) is 9.59 Å². The van der Waals surface area contributed by atoms with Crippen molar-refractivity contribution in [3.05, 3.63) is 29.8 Å². The topological polar surface area (TPSA) is 66.8 Å². The number of amides is 1. The van der Waals surface area contributed by atoms with Gasteiger partial charge in [-0.2, -0.15) is 0 Å². The van der Waals surface area contributed by atoms with Crippen LogP contribution < -0.4 is 4.74 Å². The Labute approximate surface area is 173 Å². The zero-order chi connectivity index (χ0) is 20.8. The number of nitrogens with zero attached hydrogens (tertiary/aromatic N) is 1. The average molecular weight is 400 g/mol. The first-order valence-corrected chi connectivity index (χ1v) is 10.9. The van der Waals surface area contributed by atoms with Crippen molar-refractivity contribution in [2.45, 2.75) is 77.9 Å². The van der Waals surface area contributed by atoms with Gasteiger partial charge in [-0.05, 0) is 80.0 Å². The Morgan fingerprint density at radius 2 is 1.69 bits per heavy atom. The van der Waals surface area contributed by atoms with Gasteiger partial charge >= 0.3 is 5.97 Å². The Kier molecular flexibility index (Phi) is 5.12. The smallest absolute Gasteiger partial charge is 0.306 e. The predicted molar refractivity (Wildman–Crippen MR) is 111 cm³/mol. The molecule has 2 aliphatic carbocycles. The van der Waals surface area contributed by atoms with Gasteiger partial charge in [0.25, 0.3) is 5.91 Å². The number of carbonyl (C=O) groups is 2. The number of fused-ring (bicyclic) bond motifs is 2. The summed E-state index contributed by atoms with van der Waals surface area (Å²) >= 11 is 0. The monoisotopic (exact) mass is 399 g/mol. The van der Waals surface area contributed by atoms with Gasteiger partial charge in [-0.1, -0.05) is 20.8 Å². The third-order valence-electron chi connectivity index (χ3n) is 7.10. The van der Waals surface area contributed by atoms with E-state index in [4.69, 9.17) is 9.84 Å². The second-order valence-electron chi connectivity index (χ2n) is 10.6. The van der Waals surface area contributed by atoms with Crippen LogP contribution in [0, 0.1) is 16.7 Å². The normalized spacial score (nSPS) is 33.3. The molecule has 3 fully saturated rings. The van der Waals surface area contributed by atoms with Crippen molar-refractivity contribution in [2.24, 2.45) is 16.7 Å². The average Bonchev–Trinajstić information content (AvgIpc) is 2.91. The summed E-state index contributed by atoms with van der Waals surface area (Å²) in [5.74, 6) is -0.0462. The second kappa shape index (κ2) is 7.33. The van der Waals surface area contributed by atoms with E-state index in [0.29, 0.717) is 24.3 Å². The fourth-order valence-corrected chi connectivity index (χ4v) is 6.16. The lowest BCUT2D eigenvalue weighted by molar-refractivity contribution is -0.143. The fraction of sp³-hybridized carbons (Fsp3) is 0.667. The molecule has 3 aliphatic rings. The van der Waals surface area contributed by atoms with Gasteiger partial charge in [0.2, 0.25) is 0 Å². The summed E-state index contributed by atoms with van der Waals surface area (Å²) in [5, 5.41) is 9.11. The molecule has 4 rings (SSSR count). The van der Waals surface area contributed by atoms with Crippen LogP contribution in [0.3, 0.4) is 0 Å². The van der Waals surface area contributed by atoms with Crippen molar-refractivity contribution in [3.8, 4) is 5.75 Å². The van der Waals surface area contributed by atoms with E-state index in [0.717, 1.165) is 43.5 Å². The standard InChI is InChI=1S/C24H33NO4/c1-23(2)12-18-13-24(3,14-23)15-25(18)21(26)16-4-8-19(9-5-16)29-20-10-6-17(7-11-20)22(27)28/h4-5,8-9,17-18,20H,6-7,10-15H2,1-3H3,(H,27,28)/t17?,18-,20?,24-/m0/s1. The molecule has 0 spiro atoms. The number of aliphatic carboxylic acids is 1. The minimum atomic E-state index is -0.699. The van der Waals surface area contributed by atoms with E-state index >= 15 is 0 Å². The lowest BCUT2D eigenvalue weighted by Gasteiger charge is -2.39. The molecular weight excluding hydrogens is 366 g/mol. The molecule has 5 nitrogen and oxygen atoms in total. The highest BCUT2D eigenvalue weighted by atomic mass is 16.5. The first kappa shape index (κ1) is 20.2. The van der Waals surface area contributed by atoms with E-state index in [-0.39, 0.29) is 23.3 Å². The molecular formula is C24H33NO4. The van der Waals surface area contributed by atoms with Gasteiger partial charge in [-0.15, -0.1) is 0 Å². The van der Waals surface area contributed by atoms with Gasteiger partial charge in [0.15, 0.2) is 0 Å². The van der Waals surface area contributed by atoms with Gasteiger partial charge < -0.3 is 14.7 Å². The van der Waals surface area contributed by atoms with Crippen LogP contribution >= 0.6 is 0 Å². The number of carboxylic acids is 1. The van der Waals surface area contributed by atoms with Crippen LogP contribution in [0.1, 0.15) is 76.1 Å². The molecule has 2 saturated carbocycles. The maximum Gasteiger partial charge on any atom is 0.306 e.